The highest BCUT2D eigenvalue weighted by atomic mass is 16.5. The van der Waals surface area contributed by atoms with Crippen LogP contribution in [0, 0.1) is 5.41 Å². The molecule has 1 saturated heterocycles. The average molecular weight is 361 g/mol. The number of hydrogen-bond donors (Lipinski definition) is 1. The zero-order chi connectivity index (χ0) is 18.9. The molecule has 0 aromatic heterocycles. The van der Waals surface area contributed by atoms with Gasteiger partial charge in [0.15, 0.2) is 11.5 Å². The molecule has 0 bridgehead atoms. The molecule has 1 saturated carbocycles. The molecule has 0 radical (unpaired) electrons. The SMILES string of the molecule is COc1ccc([C@@H]2CN(C(=O)O)C[C@@]2(C)C(C)=O)cc1OC1CCCC1. The molecule has 1 aliphatic heterocycles. The highest BCUT2D eigenvalue weighted by Gasteiger charge is 2.48. The van der Waals surface area contributed by atoms with Gasteiger partial charge in [-0.3, -0.25) is 4.79 Å². The number of amides is 1. The maximum atomic E-state index is 12.3. The van der Waals surface area contributed by atoms with Gasteiger partial charge in [0.05, 0.1) is 18.6 Å². The molecule has 0 spiro atoms. The number of methoxy groups -OCH3 is 1. The van der Waals surface area contributed by atoms with Gasteiger partial charge in [-0.2, -0.15) is 0 Å². The topological polar surface area (TPSA) is 76.1 Å². The van der Waals surface area contributed by atoms with Crippen LogP contribution >= 0.6 is 0 Å². The Morgan fingerprint density at radius 2 is 1.92 bits per heavy atom. The second-order valence-corrected chi connectivity index (χ2v) is 7.62. The number of likely N-dealkylation sites (tertiary alicyclic amines) is 1. The molecule has 1 amide bonds. The van der Waals surface area contributed by atoms with Crippen molar-refractivity contribution in [1.29, 1.82) is 0 Å². The monoisotopic (exact) mass is 361 g/mol. The van der Waals surface area contributed by atoms with E-state index in [1.54, 1.807) is 7.11 Å². The minimum atomic E-state index is -0.990. The van der Waals surface area contributed by atoms with E-state index in [0.717, 1.165) is 18.4 Å². The van der Waals surface area contributed by atoms with Crippen LogP contribution in [0.4, 0.5) is 4.79 Å². The molecule has 1 N–H and O–H groups in total. The molecular weight excluding hydrogens is 334 g/mol. The minimum absolute atomic E-state index is 0.000305. The van der Waals surface area contributed by atoms with Gasteiger partial charge in [0.25, 0.3) is 0 Å². The molecule has 0 unspecified atom stereocenters. The molecule has 1 heterocycles. The zero-order valence-electron chi connectivity index (χ0n) is 15.7. The van der Waals surface area contributed by atoms with Crippen molar-refractivity contribution in [2.24, 2.45) is 5.41 Å². The smallest absolute Gasteiger partial charge is 0.407 e. The first kappa shape index (κ1) is 18.5. The summed E-state index contributed by atoms with van der Waals surface area (Å²) in [6.07, 6.45) is 3.62. The fraction of sp³-hybridized carbons (Fsp3) is 0.600. The van der Waals surface area contributed by atoms with Crippen molar-refractivity contribution >= 4 is 11.9 Å². The third-order valence-electron chi connectivity index (χ3n) is 5.95. The molecule has 1 aliphatic carbocycles. The maximum Gasteiger partial charge on any atom is 0.407 e. The van der Waals surface area contributed by atoms with Crippen LogP contribution in [0.3, 0.4) is 0 Å². The third kappa shape index (κ3) is 3.37. The lowest BCUT2D eigenvalue weighted by Gasteiger charge is -2.28. The summed E-state index contributed by atoms with van der Waals surface area (Å²) < 4.78 is 11.6. The summed E-state index contributed by atoms with van der Waals surface area (Å²) in [4.78, 5) is 25.1. The van der Waals surface area contributed by atoms with Crippen LogP contribution in [0.1, 0.15) is 51.0 Å². The van der Waals surface area contributed by atoms with Crippen LogP contribution in [0.15, 0.2) is 18.2 Å². The van der Waals surface area contributed by atoms with E-state index in [0.29, 0.717) is 18.0 Å². The van der Waals surface area contributed by atoms with E-state index in [4.69, 9.17) is 9.47 Å². The molecule has 1 aromatic carbocycles. The fourth-order valence-electron chi connectivity index (χ4n) is 4.16. The molecule has 26 heavy (non-hydrogen) atoms. The lowest BCUT2D eigenvalue weighted by atomic mass is 9.73. The fourth-order valence-corrected chi connectivity index (χ4v) is 4.16. The molecule has 2 fully saturated rings. The molecular formula is C20H27NO5. The Bertz CT molecular complexity index is 697. The van der Waals surface area contributed by atoms with Crippen molar-refractivity contribution in [1.82, 2.24) is 4.90 Å². The van der Waals surface area contributed by atoms with Gasteiger partial charge in [0.2, 0.25) is 0 Å². The Morgan fingerprint density at radius 1 is 1.23 bits per heavy atom. The van der Waals surface area contributed by atoms with Gasteiger partial charge >= 0.3 is 6.09 Å². The molecule has 3 rings (SSSR count). The van der Waals surface area contributed by atoms with Gasteiger partial charge in [-0.05, 0) is 50.3 Å². The Hall–Kier alpha value is -2.24. The van der Waals surface area contributed by atoms with Crippen LogP contribution in [0.25, 0.3) is 0 Å². The van der Waals surface area contributed by atoms with Crippen LogP contribution in [-0.2, 0) is 4.79 Å². The molecule has 1 aromatic rings. The van der Waals surface area contributed by atoms with Crippen LogP contribution in [0.5, 0.6) is 11.5 Å². The van der Waals surface area contributed by atoms with Gasteiger partial charge in [0, 0.05) is 19.0 Å². The Balaban J connectivity index is 1.93. The van der Waals surface area contributed by atoms with E-state index >= 15 is 0 Å². The molecule has 6 heteroatoms. The number of carbonyl (C=O) groups excluding carboxylic acids is 1. The zero-order valence-corrected chi connectivity index (χ0v) is 15.7. The van der Waals surface area contributed by atoms with E-state index in [9.17, 15) is 14.7 Å². The number of carbonyl (C=O) groups is 2. The number of benzene rings is 1. The summed E-state index contributed by atoms with van der Waals surface area (Å²) in [6, 6.07) is 5.69. The van der Waals surface area contributed by atoms with Crippen LogP contribution in [0.2, 0.25) is 0 Å². The first-order valence-electron chi connectivity index (χ1n) is 9.18. The van der Waals surface area contributed by atoms with E-state index in [-0.39, 0.29) is 24.3 Å². The normalized spacial score (nSPS) is 26.1. The van der Waals surface area contributed by atoms with Crippen molar-refractivity contribution < 1.29 is 24.2 Å². The number of nitrogens with zero attached hydrogens (tertiary/aromatic N) is 1. The van der Waals surface area contributed by atoms with E-state index in [1.807, 2.05) is 25.1 Å². The van der Waals surface area contributed by atoms with Gasteiger partial charge in [-0.15, -0.1) is 0 Å². The van der Waals surface area contributed by atoms with Crippen molar-refractivity contribution in [2.75, 3.05) is 20.2 Å². The summed E-state index contributed by atoms with van der Waals surface area (Å²) >= 11 is 0. The van der Waals surface area contributed by atoms with Gasteiger partial charge in [-0.1, -0.05) is 13.0 Å². The van der Waals surface area contributed by atoms with Crippen molar-refractivity contribution in [3.63, 3.8) is 0 Å². The lowest BCUT2D eigenvalue weighted by molar-refractivity contribution is -0.125. The number of ether oxygens (including phenoxy) is 2. The molecule has 2 atom stereocenters. The summed E-state index contributed by atoms with van der Waals surface area (Å²) in [6.45, 7) is 3.91. The number of ketones is 1. The summed E-state index contributed by atoms with van der Waals surface area (Å²) in [5, 5.41) is 9.39. The Labute approximate surface area is 154 Å². The summed E-state index contributed by atoms with van der Waals surface area (Å²) in [5.74, 6) is 1.14. The van der Waals surface area contributed by atoms with E-state index in [1.165, 1.54) is 24.7 Å². The number of hydrogen-bond acceptors (Lipinski definition) is 4. The third-order valence-corrected chi connectivity index (χ3v) is 5.95. The van der Waals surface area contributed by atoms with E-state index in [2.05, 4.69) is 0 Å². The second kappa shape index (κ2) is 7.17. The van der Waals surface area contributed by atoms with Crippen molar-refractivity contribution in [2.45, 2.75) is 51.6 Å². The quantitative estimate of drug-likeness (QED) is 0.865. The molecule has 2 aliphatic rings. The van der Waals surface area contributed by atoms with Gasteiger partial charge < -0.3 is 19.5 Å². The Kier molecular flexibility index (Phi) is 5.12. The van der Waals surface area contributed by atoms with E-state index < -0.39 is 11.5 Å². The first-order valence-corrected chi connectivity index (χ1v) is 9.18. The van der Waals surface area contributed by atoms with Crippen LogP contribution in [-0.4, -0.2) is 48.2 Å². The Morgan fingerprint density at radius 3 is 2.50 bits per heavy atom. The molecule has 142 valence electrons. The number of rotatable bonds is 5. The average Bonchev–Trinajstić information content (AvgIpc) is 3.23. The van der Waals surface area contributed by atoms with Gasteiger partial charge in [0.1, 0.15) is 5.78 Å². The predicted octanol–water partition coefficient (Wildman–Crippen LogP) is 3.69. The number of carboxylic acid groups (broad SMARTS) is 1. The van der Waals surface area contributed by atoms with Crippen molar-refractivity contribution in [3.8, 4) is 11.5 Å². The highest BCUT2D eigenvalue weighted by Crippen LogP contribution is 2.45. The maximum absolute atomic E-state index is 12.3. The predicted molar refractivity (Wildman–Crippen MR) is 97.0 cm³/mol. The summed E-state index contributed by atoms with van der Waals surface area (Å²) in [7, 11) is 1.61. The largest absolute Gasteiger partial charge is 0.493 e. The number of Topliss-reactive ketones (excluding diaryl/α,β-unsaturated/α-hetero) is 1. The highest BCUT2D eigenvalue weighted by molar-refractivity contribution is 5.85. The minimum Gasteiger partial charge on any atom is -0.493 e. The van der Waals surface area contributed by atoms with Crippen LogP contribution < -0.4 is 9.47 Å². The van der Waals surface area contributed by atoms with Gasteiger partial charge in [-0.25, -0.2) is 4.79 Å². The second-order valence-electron chi connectivity index (χ2n) is 7.62. The lowest BCUT2D eigenvalue weighted by Crippen LogP contribution is -2.34. The molecule has 6 nitrogen and oxygen atoms in total. The standard InChI is InChI=1S/C20H27NO5/c1-13(22)20(2)12-21(19(23)24)11-16(20)14-8-9-17(25-3)18(10-14)26-15-6-4-5-7-15/h8-10,15-16H,4-7,11-12H2,1-3H3,(H,23,24)/t16-,20-/m0/s1. The van der Waals surface area contributed by atoms with Crippen molar-refractivity contribution in [3.05, 3.63) is 23.8 Å². The summed E-state index contributed by atoms with van der Waals surface area (Å²) in [5.41, 5.74) is 0.178. The first-order chi connectivity index (χ1) is 12.3.